The van der Waals surface area contributed by atoms with Gasteiger partial charge in [0.15, 0.2) is 0 Å². The van der Waals surface area contributed by atoms with Gasteiger partial charge >= 0.3 is 0 Å². The third-order valence-electron chi connectivity index (χ3n) is 1.31. The second-order valence-electron chi connectivity index (χ2n) is 2.19. The van der Waals surface area contributed by atoms with Crippen molar-refractivity contribution in [1.29, 1.82) is 0 Å². The second-order valence-corrected chi connectivity index (χ2v) is 3.14. The number of hydrogen-bond acceptors (Lipinski definition) is 3. The molecule has 0 saturated heterocycles. The van der Waals surface area contributed by atoms with Crippen LogP contribution in [0.15, 0.2) is 22.6 Å². The Bertz CT molecular complexity index is 315. The third-order valence-corrected chi connectivity index (χ3v) is 2.17. The molecular formula is C7H8N4OS. The summed E-state index contributed by atoms with van der Waals surface area (Å²) in [6, 6.07) is 3.56. The molecular weight excluding hydrogens is 188 g/mol. The summed E-state index contributed by atoms with van der Waals surface area (Å²) in [5.41, 5.74) is 7.96. The fraction of sp³-hybridized carbons (Fsp3) is 0.286. The summed E-state index contributed by atoms with van der Waals surface area (Å²) < 4.78 is 0. The zero-order chi connectivity index (χ0) is 9.52. The highest BCUT2D eigenvalue weighted by Gasteiger charge is 2.03. The van der Waals surface area contributed by atoms with Crippen molar-refractivity contribution in [3.05, 3.63) is 32.8 Å². The van der Waals surface area contributed by atoms with Crippen LogP contribution < -0.4 is 5.32 Å². The van der Waals surface area contributed by atoms with Crippen molar-refractivity contribution >= 4 is 17.2 Å². The average molecular weight is 196 g/mol. The van der Waals surface area contributed by atoms with E-state index in [1.54, 1.807) is 6.07 Å². The maximum atomic E-state index is 11.2. The van der Waals surface area contributed by atoms with Crippen molar-refractivity contribution in [2.45, 2.75) is 0 Å². The first-order valence-corrected chi connectivity index (χ1v) is 4.55. The quantitative estimate of drug-likeness (QED) is 0.339. The van der Waals surface area contributed by atoms with Crippen LogP contribution in [0.3, 0.4) is 0 Å². The molecule has 0 aliphatic heterocycles. The van der Waals surface area contributed by atoms with Crippen molar-refractivity contribution in [2.24, 2.45) is 5.11 Å². The molecule has 0 aromatic carbocycles. The van der Waals surface area contributed by atoms with Gasteiger partial charge in [-0.1, -0.05) is 11.2 Å². The molecule has 1 N–H and O–H groups in total. The van der Waals surface area contributed by atoms with Crippen LogP contribution in [0, 0.1) is 0 Å². The van der Waals surface area contributed by atoms with Crippen LogP contribution in [0.5, 0.6) is 0 Å². The standard InChI is InChI=1S/C7H8N4OS/c8-11-10-4-3-9-7(12)6-2-1-5-13-6/h1-2,5H,3-4H2,(H,9,12). The van der Waals surface area contributed by atoms with Crippen molar-refractivity contribution < 1.29 is 4.79 Å². The van der Waals surface area contributed by atoms with Crippen LogP contribution in [0.2, 0.25) is 0 Å². The van der Waals surface area contributed by atoms with E-state index in [-0.39, 0.29) is 12.5 Å². The molecule has 0 unspecified atom stereocenters. The van der Waals surface area contributed by atoms with Crippen LogP contribution in [0.1, 0.15) is 9.67 Å². The van der Waals surface area contributed by atoms with E-state index in [1.807, 2.05) is 11.4 Å². The van der Waals surface area contributed by atoms with Gasteiger partial charge in [-0.25, -0.2) is 0 Å². The van der Waals surface area contributed by atoms with E-state index in [0.29, 0.717) is 11.4 Å². The molecule has 13 heavy (non-hydrogen) atoms. The van der Waals surface area contributed by atoms with E-state index in [0.717, 1.165) is 0 Å². The summed E-state index contributed by atoms with van der Waals surface area (Å²) in [5.74, 6) is -0.122. The van der Waals surface area contributed by atoms with E-state index in [1.165, 1.54) is 11.3 Å². The van der Waals surface area contributed by atoms with Crippen molar-refractivity contribution in [3.63, 3.8) is 0 Å². The lowest BCUT2D eigenvalue weighted by atomic mass is 10.4. The fourth-order valence-electron chi connectivity index (χ4n) is 0.759. The van der Waals surface area contributed by atoms with Gasteiger partial charge in [0.25, 0.3) is 5.91 Å². The van der Waals surface area contributed by atoms with Gasteiger partial charge in [0.1, 0.15) is 0 Å². The SMILES string of the molecule is [N-]=[N+]=NCCNC(=O)c1cccs1. The number of nitrogens with one attached hydrogen (secondary N) is 1. The Kier molecular flexibility index (Phi) is 3.81. The molecule has 5 nitrogen and oxygen atoms in total. The molecule has 0 spiro atoms. The predicted octanol–water partition coefficient (Wildman–Crippen LogP) is 1.79. The lowest BCUT2D eigenvalue weighted by molar-refractivity contribution is 0.0959. The number of carbonyl (C=O) groups is 1. The molecule has 6 heteroatoms. The Morgan fingerprint density at radius 1 is 1.77 bits per heavy atom. The normalized spacial score (nSPS) is 8.92. The maximum absolute atomic E-state index is 11.2. The molecule has 1 amide bonds. The third kappa shape index (κ3) is 3.14. The largest absolute Gasteiger partial charge is 0.351 e. The minimum atomic E-state index is -0.122. The van der Waals surface area contributed by atoms with Gasteiger partial charge in [0.2, 0.25) is 0 Å². The van der Waals surface area contributed by atoms with Gasteiger partial charge in [-0.05, 0) is 17.0 Å². The zero-order valence-corrected chi connectivity index (χ0v) is 7.62. The van der Waals surface area contributed by atoms with Crippen LogP contribution in [0.4, 0.5) is 0 Å². The van der Waals surface area contributed by atoms with Gasteiger partial charge in [0, 0.05) is 18.0 Å². The van der Waals surface area contributed by atoms with Crippen molar-refractivity contribution in [3.8, 4) is 0 Å². The Labute approximate surface area is 79.0 Å². The molecule has 0 aliphatic rings. The van der Waals surface area contributed by atoms with Gasteiger partial charge in [-0.3, -0.25) is 4.79 Å². The molecule has 0 saturated carbocycles. The minimum Gasteiger partial charge on any atom is -0.351 e. The molecule has 0 aliphatic carbocycles. The topological polar surface area (TPSA) is 77.9 Å². The van der Waals surface area contributed by atoms with Crippen LogP contribution in [0.25, 0.3) is 10.4 Å². The number of rotatable bonds is 4. The lowest BCUT2D eigenvalue weighted by Crippen LogP contribution is -2.24. The molecule has 0 bridgehead atoms. The highest BCUT2D eigenvalue weighted by atomic mass is 32.1. The van der Waals surface area contributed by atoms with Gasteiger partial charge in [0.05, 0.1) is 4.88 Å². The van der Waals surface area contributed by atoms with E-state index in [9.17, 15) is 4.79 Å². The fourth-order valence-corrected chi connectivity index (χ4v) is 1.40. The second kappa shape index (κ2) is 5.18. The number of hydrogen-bond donors (Lipinski definition) is 1. The van der Waals surface area contributed by atoms with E-state index < -0.39 is 0 Å². The Morgan fingerprint density at radius 3 is 3.23 bits per heavy atom. The van der Waals surface area contributed by atoms with Crippen LogP contribution in [-0.2, 0) is 0 Å². The van der Waals surface area contributed by atoms with Gasteiger partial charge < -0.3 is 5.32 Å². The highest BCUT2D eigenvalue weighted by molar-refractivity contribution is 7.12. The Balaban J connectivity index is 2.30. The van der Waals surface area contributed by atoms with E-state index in [2.05, 4.69) is 15.3 Å². The van der Waals surface area contributed by atoms with E-state index >= 15 is 0 Å². The molecule has 1 heterocycles. The molecule has 0 atom stereocenters. The average Bonchev–Trinajstić information content (AvgIpc) is 2.65. The van der Waals surface area contributed by atoms with Crippen LogP contribution >= 0.6 is 11.3 Å². The maximum Gasteiger partial charge on any atom is 0.261 e. The first kappa shape index (κ1) is 9.57. The minimum absolute atomic E-state index is 0.122. The molecule has 1 rings (SSSR count). The van der Waals surface area contributed by atoms with Crippen molar-refractivity contribution in [2.75, 3.05) is 13.1 Å². The van der Waals surface area contributed by atoms with Gasteiger partial charge in [-0.15, -0.1) is 11.3 Å². The number of nitrogens with zero attached hydrogens (tertiary/aromatic N) is 3. The monoisotopic (exact) mass is 196 g/mol. The summed E-state index contributed by atoms with van der Waals surface area (Å²) >= 11 is 1.38. The summed E-state index contributed by atoms with van der Waals surface area (Å²) in [7, 11) is 0. The first-order chi connectivity index (χ1) is 6.34. The summed E-state index contributed by atoms with van der Waals surface area (Å²) in [6.07, 6.45) is 0. The number of amides is 1. The predicted molar refractivity (Wildman–Crippen MR) is 50.7 cm³/mol. The zero-order valence-electron chi connectivity index (χ0n) is 6.80. The number of carbonyl (C=O) groups excluding carboxylic acids is 1. The highest BCUT2D eigenvalue weighted by Crippen LogP contribution is 2.07. The number of azide groups is 1. The van der Waals surface area contributed by atoms with Gasteiger partial charge in [-0.2, -0.15) is 0 Å². The molecule has 68 valence electrons. The molecule has 1 aromatic rings. The molecule has 0 fully saturated rings. The summed E-state index contributed by atoms with van der Waals surface area (Å²) in [4.78, 5) is 14.5. The Hall–Kier alpha value is -1.52. The summed E-state index contributed by atoms with van der Waals surface area (Å²) in [6.45, 7) is 0.661. The lowest BCUT2D eigenvalue weighted by Gasteiger charge is -1.98. The smallest absolute Gasteiger partial charge is 0.261 e. The first-order valence-electron chi connectivity index (χ1n) is 3.67. The molecule has 1 aromatic heterocycles. The van der Waals surface area contributed by atoms with E-state index in [4.69, 9.17) is 5.53 Å². The Morgan fingerprint density at radius 2 is 2.62 bits per heavy atom. The number of thiophene rings is 1. The molecule has 0 radical (unpaired) electrons. The van der Waals surface area contributed by atoms with Crippen LogP contribution in [-0.4, -0.2) is 19.0 Å². The van der Waals surface area contributed by atoms with Crippen molar-refractivity contribution in [1.82, 2.24) is 5.32 Å². The summed E-state index contributed by atoms with van der Waals surface area (Å²) in [5, 5.41) is 7.76.